The smallest absolute Gasteiger partial charge is 0.401 e. The summed E-state index contributed by atoms with van der Waals surface area (Å²) in [6, 6.07) is 1.91. The second kappa shape index (κ2) is 8.83. The van der Waals surface area contributed by atoms with Gasteiger partial charge < -0.3 is 9.64 Å². The molecule has 0 bridgehead atoms. The summed E-state index contributed by atoms with van der Waals surface area (Å²) in [5.74, 6) is -0.396. The van der Waals surface area contributed by atoms with Gasteiger partial charge >= 0.3 is 12.1 Å². The van der Waals surface area contributed by atoms with Gasteiger partial charge in [-0.15, -0.1) is 0 Å². The lowest BCUT2D eigenvalue weighted by Crippen LogP contribution is -2.47. The number of likely N-dealkylation sites (tertiary alicyclic amines) is 1. The molecular formula is C21H29F3N4O2. The van der Waals surface area contributed by atoms with Gasteiger partial charge in [-0.1, -0.05) is 6.92 Å². The first-order valence-corrected chi connectivity index (χ1v) is 10.3. The van der Waals surface area contributed by atoms with Gasteiger partial charge in [0, 0.05) is 38.1 Å². The Kier molecular flexibility index (Phi) is 6.59. The molecule has 1 aliphatic heterocycles. The van der Waals surface area contributed by atoms with E-state index in [-0.39, 0.29) is 6.04 Å². The summed E-state index contributed by atoms with van der Waals surface area (Å²) in [6.07, 6.45) is -0.474. The number of ether oxygens (including phenoxy) is 1. The van der Waals surface area contributed by atoms with Crippen molar-refractivity contribution in [1.29, 1.82) is 0 Å². The Morgan fingerprint density at radius 3 is 2.50 bits per heavy atom. The highest BCUT2D eigenvalue weighted by Gasteiger charge is 2.34. The predicted octanol–water partition coefficient (Wildman–Crippen LogP) is 3.78. The number of aryl methyl sites for hydroxylation is 1. The van der Waals surface area contributed by atoms with Crippen molar-refractivity contribution < 1.29 is 22.7 Å². The van der Waals surface area contributed by atoms with Crippen LogP contribution in [0.15, 0.2) is 12.3 Å². The van der Waals surface area contributed by atoms with Crippen molar-refractivity contribution in [1.82, 2.24) is 14.7 Å². The zero-order chi connectivity index (χ0) is 22.1. The fourth-order valence-electron chi connectivity index (χ4n) is 4.53. The van der Waals surface area contributed by atoms with Crippen LogP contribution in [0.2, 0.25) is 0 Å². The molecular weight excluding hydrogens is 397 g/mol. The molecule has 1 aromatic heterocycles. The van der Waals surface area contributed by atoms with Crippen LogP contribution in [0.25, 0.3) is 10.9 Å². The van der Waals surface area contributed by atoms with Crippen LogP contribution in [0.1, 0.15) is 42.6 Å². The van der Waals surface area contributed by atoms with E-state index in [1.165, 1.54) is 12.0 Å². The molecule has 30 heavy (non-hydrogen) atoms. The Bertz CT molecular complexity index is 902. The minimum atomic E-state index is -4.18. The van der Waals surface area contributed by atoms with Gasteiger partial charge in [-0.2, -0.15) is 18.3 Å². The normalized spacial score (nSPS) is 16.2. The van der Waals surface area contributed by atoms with Gasteiger partial charge in [-0.25, -0.2) is 4.79 Å². The second-order valence-electron chi connectivity index (χ2n) is 7.71. The minimum Gasteiger partial charge on any atom is -0.465 e. The number of hydrogen-bond acceptors (Lipinski definition) is 5. The van der Waals surface area contributed by atoms with Gasteiger partial charge in [0.15, 0.2) is 0 Å². The average molecular weight is 426 g/mol. The minimum absolute atomic E-state index is 0.0982. The molecule has 1 aliphatic rings. The number of hydrogen-bond donors (Lipinski definition) is 0. The van der Waals surface area contributed by atoms with Crippen molar-refractivity contribution in [2.45, 2.75) is 45.3 Å². The van der Waals surface area contributed by atoms with Crippen molar-refractivity contribution in [2.75, 3.05) is 38.2 Å². The molecule has 2 heterocycles. The summed E-state index contributed by atoms with van der Waals surface area (Å²) < 4.78 is 45.0. The highest BCUT2D eigenvalue weighted by Crippen LogP contribution is 2.37. The maximum Gasteiger partial charge on any atom is 0.401 e. The zero-order valence-corrected chi connectivity index (χ0v) is 17.9. The SMILES string of the molecule is CCc1c(C(=O)OC)cc2c(cnn2C)c1N(CC)C1CCN(CC(F)(F)F)CC1. The third-order valence-electron chi connectivity index (χ3n) is 5.92. The van der Waals surface area contributed by atoms with Crippen LogP contribution >= 0.6 is 0 Å². The number of rotatable bonds is 6. The summed E-state index contributed by atoms with van der Waals surface area (Å²) in [7, 11) is 3.19. The van der Waals surface area contributed by atoms with Crippen LogP contribution < -0.4 is 4.90 Å². The monoisotopic (exact) mass is 426 g/mol. The van der Waals surface area contributed by atoms with E-state index in [2.05, 4.69) is 10.00 Å². The number of anilines is 1. The fraction of sp³-hybridized carbons (Fsp3) is 0.619. The van der Waals surface area contributed by atoms with Crippen LogP contribution in [0.4, 0.5) is 18.9 Å². The lowest BCUT2D eigenvalue weighted by Gasteiger charge is -2.40. The van der Waals surface area contributed by atoms with Crippen molar-refractivity contribution >= 4 is 22.6 Å². The topological polar surface area (TPSA) is 50.6 Å². The summed E-state index contributed by atoms with van der Waals surface area (Å²) >= 11 is 0. The molecule has 0 spiro atoms. The molecule has 0 N–H and O–H groups in total. The summed E-state index contributed by atoms with van der Waals surface area (Å²) in [5.41, 5.74) is 3.18. The third kappa shape index (κ3) is 4.40. The Hall–Kier alpha value is -2.29. The molecule has 166 valence electrons. The Morgan fingerprint density at radius 2 is 1.97 bits per heavy atom. The van der Waals surface area contributed by atoms with E-state index < -0.39 is 18.7 Å². The lowest BCUT2D eigenvalue weighted by molar-refractivity contribution is -0.147. The van der Waals surface area contributed by atoms with Crippen molar-refractivity contribution in [3.05, 3.63) is 23.4 Å². The number of esters is 1. The van der Waals surface area contributed by atoms with Crippen molar-refractivity contribution in [3.8, 4) is 0 Å². The number of alkyl halides is 3. The van der Waals surface area contributed by atoms with Crippen molar-refractivity contribution in [2.24, 2.45) is 7.05 Å². The van der Waals surface area contributed by atoms with Crippen LogP contribution in [0.3, 0.4) is 0 Å². The van der Waals surface area contributed by atoms with Gasteiger partial charge in [-0.3, -0.25) is 9.58 Å². The largest absolute Gasteiger partial charge is 0.465 e. The second-order valence-corrected chi connectivity index (χ2v) is 7.71. The Balaban J connectivity index is 2.00. The number of aromatic nitrogens is 2. The molecule has 3 rings (SSSR count). The highest BCUT2D eigenvalue weighted by atomic mass is 19.4. The standard InChI is InChI=1S/C21H29F3N4O2/c1-5-15-16(20(29)30-4)11-18-17(12-25-26(18)3)19(15)28(6-2)14-7-9-27(10-8-14)13-21(22,23)24/h11-12,14H,5-10,13H2,1-4H3. The van der Waals surface area contributed by atoms with E-state index in [1.807, 2.05) is 27.0 Å². The van der Waals surface area contributed by atoms with E-state index in [4.69, 9.17) is 4.74 Å². The molecule has 0 radical (unpaired) electrons. The molecule has 0 saturated carbocycles. The molecule has 2 aromatic rings. The van der Waals surface area contributed by atoms with Crippen molar-refractivity contribution in [3.63, 3.8) is 0 Å². The van der Waals surface area contributed by atoms with E-state index in [0.29, 0.717) is 44.5 Å². The number of carbonyl (C=O) groups is 1. The molecule has 0 atom stereocenters. The molecule has 6 nitrogen and oxygen atoms in total. The fourth-order valence-corrected chi connectivity index (χ4v) is 4.53. The number of piperidine rings is 1. The van der Waals surface area contributed by atoms with Gasteiger partial charge in [0.25, 0.3) is 0 Å². The molecule has 1 aromatic carbocycles. The van der Waals surface area contributed by atoms with Crippen LogP contribution in [0.5, 0.6) is 0 Å². The maximum absolute atomic E-state index is 12.8. The first-order valence-electron chi connectivity index (χ1n) is 10.3. The lowest BCUT2D eigenvalue weighted by atomic mass is 9.95. The number of carbonyl (C=O) groups excluding carboxylic acids is 1. The van der Waals surface area contributed by atoms with E-state index >= 15 is 0 Å². The Morgan fingerprint density at radius 1 is 1.30 bits per heavy atom. The Labute approximate surface area is 174 Å². The number of benzene rings is 1. The summed E-state index contributed by atoms with van der Waals surface area (Å²) in [5, 5.41) is 5.32. The molecule has 0 unspecified atom stereocenters. The molecule has 0 aliphatic carbocycles. The van der Waals surface area contributed by atoms with Gasteiger partial charge in [0.1, 0.15) is 0 Å². The number of methoxy groups -OCH3 is 1. The average Bonchev–Trinajstić information content (AvgIpc) is 3.08. The van der Waals surface area contributed by atoms with Crippen LogP contribution in [0, 0.1) is 0 Å². The van der Waals surface area contributed by atoms with Gasteiger partial charge in [-0.05, 0) is 37.8 Å². The highest BCUT2D eigenvalue weighted by molar-refractivity contribution is 6.03. The first kappa shape index (κ1) is 22.4. The number of nitrogens with zero attached hydrogens (tertiary/aromatic N) is 4. The molecule has 1 saturated heterocycles. The quantitative estimate of drug-likeness (QED) is 0.658. The van der Waals surface area contributed by atoms with Gasteiger partial charge in [0.2, 0.25) is 0 Å². The van der Waals surface area contributed by atoms with E-state index in [0.717, 1.165) is 22.2 Å². The van der Waals surface area contributed by atoms with Crippen LogP contribution in [-0.4, -0.2) is 66.2 Å². The van der Waals surface area contributed by atoms with E-state index in [1.54, 1.807) is 10.9 Å². The molecule has 0 amide bonds. The number of halogens is 3. The van der Waals surface area contributed by atoms with E-state index in [9.17, 15) is 18.0 Å². The maximum atomic E-state index is 12.8. The van der Waals surface area contributed by atoms with Gasteiger partial charge in [0.05, 0.1) is 36.6 Å². The predicted molar refractivity (Wildman–Crippen MR) is 110 cm³/mol. The molecule has 1 fully saturated rings. The third-order valence-corrected chi connectivity index (χ3v) is 5.92. The summed E-state index contributed by atoms with van der Waals surface area (Å²) in [4.78, 5) is 16.2. The first-order chi connectivity index (χ1) is 14.2. The van der Waals surface area contributed by atoms with Crippen LogP contribution in [-0.2, 0) is 18.2 Å². The summed E-state index contributed by atoms with van der Waals surface area (Å²) in [6.45, 7) is 4.65. The molecule has 9 heteroatoms. The zero-order valence-electron chi connectivity index (χ0n) is 17.9. The number of fused-ring (bicyclic) bond motifs is 1.